The third-order valence-electron chi connectivity index (χ3n) is 5.63. The number of rotatable bonds is 6. The molecule has 0 spiro atoms. The molecule has 1 atom stereocenters. The Balaban J connectivity index is 1.68. The highest BCUT2D eigenvalue weighted by molar-refractivity contribution is 6.33. The van der Waals surface area contributed by atoms with Gasteiger partial charge in [-0.2, -0.15) is 5.10 Å². The van der Waals surface area contributed by atoms with Crippen molar-refractivity contribution < 1.29 is 4.74 Å². The maximum atomic E-state index is 6.52. The van der Waals surface area contributed by atoms with Gasteiger partial charge in [0.25, 0.3) is 0 Å². The maximum absolute atomic E-state index is 6.52. The zero-order chi connectivity index (χ0) is 20.4. The molecule has 0 N–H and O–H groups in total. The van der Waals surface area contributed by atoms with Gasteiger partial charge in [0, 0.05) is 43.0 Å². The predicted molar refractivity (Wildman–Crippen MR) is 118 cm³/mol. The fourth-order valence-electron chi connectivity index (χ4n) is 3.89. The second kappa shape index (κ2) is 8.57. The van der Waals surface area contributed by atoms with Crippen molar-refractivity contribution in [2.24, 2.45) is 0 Å². The van der Waals surface area contributed by atoms with E-state index in [4.69, 9.17) is 21.4 Å². The van der Waals surface area contributed by atoms with Crippen LogP contribution in [-0.4, -0.2) is 59.9 Å². The second-order valence-corrected chi connectivity index (χ2v) is 8.17. The van der Waals surface area contributed by atoms with Crippen molar-refractivity contribution in [1.82, 2.24) is 19.6 Å². The summed E-state index contributed by atoms with van der Waals surface area (Å²) in [7, 11) is 5.99. The van der Waals surface area contributed by atoms with Gasteiger partial charge in [-0.05, 0) is 50.8 Å². The van der Waals surface area contributed by atoms with Crippen LogP contribution in [0, 0.1) is 0 Å². The van der Waals surface area contributed by atoms with E-state index < -0.39 is 0 Å². The van der Waals surface area contributed by atoms with Crippen LogP contribution in [0.25, 0.3) is 16.9 Å². The van der Waals surface area contributed by atoms with Crippen LogP contribution >= 0.6 is 11.6 Å². The van der Waals surface area contributed by atoms with Gasteiger partial charge in [0.15, 0.2) is 0 Å². The van der Waals surface area contributed by atoms with Gasteiger partial charge in [0.2, 0.25) is 0 Å². The average molecular weight is 411 g/mol. The molecule has 3 aromatic rings. The first-order valence-electron chi connectivity index (χ1n) is 9.92. The monoisotopic (exact) mass is 410 g/mol. The molecule has 1 saturated heterocycles. The third-order valence-corrected chi connectivity index (χ3v) is 5.96. The largest absolute Gasteiger partial charge is 0.497 e. The van der Waals surface area contributed by atoms with E-state index in [9.17, 15) is 0 Å². The van der Waals surface area contributed by atoms with E-state index in [2.05, 4.69) is 30.1 Å². The number of ether oxygens (including phenoxy) is 1. The number of hydrogen-bond donors (Lipinski definition) is 0. The smallest absolute Gasteiger partial charge is 0.119 e. The van der Waals surface area contributed by atoms with Crippen LogP contribution in [0.15, 0.2) is 54.7 Å². The predicted octanol–water partition coefficient (Wildman–Crippen LogP) is 4.34. The van der Waals surface area contributed by atoms with E-state index in [0.29, 0.717) is 6.04 Å². The molecule has 2 heterocycles. The standard InChI is InChI=1S/C23H27ClN4O/c1-26(2)19-12-13-27(16-19)14-17-15-28(18-8-10-20(29-3)11-9-18)25-23(17)21-6-4-5-7-22(21)24/h4-11,15,19H,12-14,16H2,1-3H3/t19-/m0/s1. The first kappa shape index (κ1) is 20.0. The fraction of sp³-hybridized carbons (Fsp3) is 0.348. The fourth-order valence-corrected chi connectivity index (χ4v) is 4.12. The zero-order valence-corrected chi connectivity index (χ0v) is 17.9. The molecule has 0 amide bonds. The minimum Gasteiger partial charge on any atom is -0.497 e. The van der Waals surface area contributed by atoms with Crippen molar-refractivity contribution >= 4 is 11.6 Å². The highest BCUT2D eigenvalue weighted by Gasteiger charge is 2.25. The molecule has 29 heavy (non-hydrogen) atoms. The van der Waals surface area contributed by atoms with Crippen molar-refractivity contribution in [3.63, 3.8) is 0 Å². The number of aromatic nitrogens is 2. The van der Waals surface area contributed by atoms with Gasteiger partial charge in [0.05, 0.1) is 23.5 Å². The molecule has 1 aliphatic rings. The Labute approximate surface area is 177 Å². The molecule has 152 valence electrons. The van der Waals surface area contributed by atoms with E-state index in [1.165, 1.54) is 12.0 Å². The number of likely N-dealkylation sites (N-methyl/N-ethyl adjacent to an activating group) is 1. The molecule has 0 bridgehead atoms. The quantitative estimate of drug-likeness (QED) is 0.605. The van der Waals surface area contributed by atoms with Crippen LogP contribution in [-0.2, 0) is 6.54 Å². The Bertz CT molecular complexity index is 967. The molecule has 6 heteroatoms. The number of benzene rings is 2. The number of methoxy groups -OCH3 is 1. The molecule has 0 aliphatic carbocycles. The number of hydrogen-bond acceptors (Lipinski definition) is 4. The van der Waals surface area contributed by atoms with Crippen LogP contribution in [0.5, 0.6) is 5.75 Å². The van der Waals surface area contributed by atoms with Gasteiger partial charge in [0.1, 0.15) is 5.75 Å². The van der Waals surface area contributed by atoms with Crippen LogP contribution in [0.3, 0.4) is 0 Å². The summed E-state index contributed by atoms with van der Waals surface area (Å²) in [5, 5.41) is 5.64. The van der Waals surface area contributed by atoms with Gasteiger partial charge in [-0.3, -0.25) is 4.90 Å². The number of nitrogens with zero attached hydrogens (tertiary/aromatic N) is 4. The first-order valence-corrected chi connectivity index (χ1v) is 10.3. The summed E-state index contributed by atoms with van der Waals surface area (Å²) in [6, 6.07) is 16.5. The van der Waals surface area contributed by atoms with Crippen LogP contribution in [0.4, 0.5) is 0 Å². The molecule has 0 radical (unpaired) electrons. The van der Waals surface area contributed by atoms with Crippen molar-refractivity contribution in [3.05, 3.63) is 65.3 Å². The normalized spacial score (nSPS) is 17.2. The molecule has 1 aliphatic heterocycles. The van der Waals surface area contributed by atoms with E-state index in [0.717, 1.165) is 47.4 Å². The molecule has 0 unspecified atom stereocenters. The zero-order valence-electron chi connectivity index (χ0n) is 17.2. The summed E-state index contributed by atoms with van der Waals surface area (Å²) in [6.07, 6.45) is 3.32. The lowest BCUT2D eigenvalue weighted by Crippen LogP contribution is -2.31. The highest BCUT2D eigenvalue weighted by Crippen LogP contribution is 2.31. The van der Waals surface area contributed by atoms with Crippen molar-refractivity contribution in [3.8, 4) is 22.7 Å². The van der Waals surface area contributed by atoms with Gasteiger partial charge >= 0.3 is 0 Å². The second-order valence-electron chi connectivity index (χ2n) is 7.77. The summed E-state index contributed by atoms with van der Waals surface area (Å²) in [4.78, 5) is 4.82. The van der Waals surface area contributed by atoms with Gasteiger partial charge in [-0.1, -0.05) is 29.8 Å². The third kappa shape index (κ3) is 4.32. The topological polar surface area (TPSA) is 33.5 Å². The van der Waals surface area contributed by atoms with Crippen molar-refractivity contribution in [1.29, 1.82) is 0 Å². The highest BCUT2D eigenvalue weighted by atomic mass is 35.5. The molecule has 4 rings (SSSR count). The molecule has 0 saturated carbocycles. The molecular formula is C23H27ClN4O. The summed E-state index contributed by atoms with van der Waals surface area (Å²) < 4.78 is 7.22. The molecule has 1 aromatic heterocycles. The summed E-state index contributed by atoms with van der Waals surface area (Å²) in [6.45, 7) is 3.03. The van der Waals surface area contributed by atoms with Crippen molar-refractivity contribution in [2.45, 2.75) is 19.0 Å². The van der Waals surface area contributed by atoms with Crippen LogP contribution in [0.2, 0.25) is 5.02 Å². The SMILES string of the molecule is COc1ccc(-n2cc(CN3CC[C@H](N(C)C)C3)c(-c3ccccc3Cl)n2)cc1. The molecule has 2 aromatic carbocycles. The Morgan fingerprint density at radius 1 is 1.14 bits per heavy atom. The lowest BCUT2D eigenvalue weighted by atomic mass is 10.1. The lowest BCUT2D eigenvalue weighted by Gasteiger charge is -2.20. The van der Waals surface area contributed by atoms with Gasteiger partial charge in [-0.25, -0.2) is 4.68 Å². The molecule has 5 nitrogen and oxygen atoms in total. The molecular weight excluding hydrogens is 384 g/mol. The lowest BCUT2D eigenvalue weighted by molar-refractivity contribution is 0.265. The van der Waals surface area contributed by atoms with E-state index >= 15 is 0 Å². The Morgan fingerprint density at radius 2 is 1.90 bits per heavy atom. The molecule has 1 fully saturated rings. The minimum atomic E-state index is 0.607. The van der Waals surface area contributed by atoms with E-state index in [1.807, 2.05) is 53.2 Å². The Hall–Kier alpha value is -2.34. The minimum absolute atomic E-state index is 0.607. The first-order chi connectivity index (χ1) is 14.0. The van der Waals surface area contributed by atoms with Gasteiger partial charge < -0.3 is 9.64 Å². The maximum Gasteiger partial charge on any atom is 0.119 e. The van der Waals surface area contributed by atoms with E-state index in [1.54, 1.807) is 7.11 Å². The van der Waals surface area contributed by atoms with Crippen LogP contribution in [0.1, 0.15) is 12.0 Å². The number of halogens is 1. The Kier molecular flexibility index (Phi) is 5.90. The Morgan fingerprint density at radius 3 is 2.55 bits per heavy atom. The average Bonchev–Trinajstić information content (AvgIpc) is 3.36. The van der Waals surface area contributed by atoms with Crippen LogP contribution < -0.4 is 4.74 Å². The summed E-state index contributed by atoms with van der Waals surface area (Å²) in [5.74, 6) is 0.833. The van der Waals surface area contributed by atoms with Crippen molar-refractivity contribution in [2.75, 3.05) is 34.3 Å². The van der Waals surface area contributed by atoms with Gasteiger partial charge in [-0.15, -0.1) is 0 Å². The summed E-state index contributed by atoms with van der Waals surface area (Å²) in [5.41, 5.74) is 4.10. The summed E-state index contributed by atoms with van der Waals surface area (Å²) >= 11 is 6.52. The number of likely N-dealkylation sites (tertiary alicyclic amines) is 1. The van der Waals surface area contributed by atoms with E-state index in [-0.39, 0.29) is 0 Å².